The zero-order chi connectivity index (χ0) is 15.4. The van der Waals surface area contributed by atoms with Crippen molar-refractivity contribution in [2.24, 2.45) is 11.8 Å². The van der Waals surface area contributed by atoms with E-state index in [9.17, 15) is 14.4 Å². The number of methoxy groups -OCH3 is 1. The molecule has 0 spiro atoms. The van der Waals surface area contributed by atoms with E-state index in [0.717, 1.165) is 0 Å². The fraction of sp³-hybridized carbons (Fsp3) is 0.786. The van der Waals surface area contributed by atoms with Crippen molar-refractivity contribution in [3.63, 3.8) is 0 Å². The molecule has 1 saturated carbocycles. The number of esters is 1. The van der Waals surface area contributed by atoms with Crippen molar-refractivity contribution in [1.82, 2.24) is 4.90 Å². The van der Waals surface area contributed by atoms with Gasteiger partial charge in [-0.05, 0) is 19.3 Å². The number of ether oxygens (including phenoxy) is 2. The molecule has 7 heteroatoms. The van der Waals surface area contributed by atoms with E-state index in [1.165, 1.54) is 7.11 Å². The minimum atomic E-state index is -0.823. The second-order valence-corrected chi connectivity index (χ2v) is 5.60. The van der Waals surface area contributed by atoms with Gasteiger partial charge in [-0.2, -0.15) is 0 Å². The summed E-state index contributed by atoms with van der Waals surface area (Å²) < 4.78 is 10.1. The lowest BCUT2D eigenvalue weighted by Crippen LogP contribution is -2.48. The number of carbonyl (C=O) groups is 3. The standard InChI is InChI=1S/C14H21NO6/c1-20-12(16)7-11-8-15(4-5-21-11)13(17)9-2-3-10(6-9)14(18)19/h9-11H,2-8H2,1H3,(H,18,19). The summed E-state index contributed by atoms with van der Waals surface area (Å²) in [7, 11) is 1.32. The molecule has 0 radical (unpaired) electrons. The molecule has 2 rings (SSSR count). The molecule has 21 heavy (non-hydrogen) atoms. The maximum Gasteiger partial charge on any atom is 0.308 e. The van der Waals surface area contributed by atoms with Crippen LogP contribution in [0.4, 0.5) is 0 Å². The average molecular weight is 299 g/mol. The lowest BCUT2D eigenvalue weighted by atomic mass is 10.0. The predicted molar refractivity (Wildman–Crippen MR) is 71.4 cm³/mol. The van der Waals surface area contributed by atoms with Crippen molar-refractivity contribution >= 4 is 17.8 Å². The van der Waals surface area contributed by atoms with Crippen molar-refractivity contribution in [2.45, 2.75) is 31.8 Å². The van der Waals surface area contributed by atoms with Crippen LogP contribution in [-0.4, -0.2) is 60.8 Å². The van der Waals surface area contributed by atoms with Gasteiger partial charge in [-0.3, -0.25) is 14.4 Å². The van der Waals surface area contributed by atoms with Crippen LogP contribution < -0.4 is 0 Å². The van der Waals surface area contributed by atoms with Gasteiger partial charge in [0.15, 0.2) is 0 Å². The van der Waals surface area contributed by atoms with Gasteiger partial charge in [-0.1, -0.05) is 0 Å². The first-order valence-electron chi connectivity index (χ1n) is 7.21. The van der Waals surface area contributed by atoms with Crippen LogP contribution in [0.5, 0.6) is 0 Å². The fourth-order valence-corrected chi connectivity index (χ4v) is 3.00. The van der Waals surface area contributed by atoms with E-state index in [4.69, 9.17) is 9.84 Å². The highest BCUT2D eigenvalue weighted by molar-refractivity contribution is 5.81. The minimum Gasteiger partial charge on any atom is -0.481 e. The summed E-state index contributed by atoms with van der Waals surface area (Å²) in [5, 5.41) is 9.00. The van der Waals surface area contributed by atoms with Gasteiger partial charge in [0, 0.05) is 19.0 Å². The third kappa shape index (κ3) is 3.93. The Kier molecular flexibility index (Phi) is 5.17. The summed E-state index contributed by atoms with van der Waals surface area (Å²) in [4.78, 5) is 36.3. The van der Waals surface area contributed by atoms with Gasteiger partial charge in [0.25, 0.3) is 0 Å². The molecule has 0 bridgehead atoms. The van der Waals surface area contributed by atoms with Crippen molar-refractivity contribution in [3.8, 4) is 0 Å². The zero-order valence-corrected chi connectivity index (χ0v) is 12.1. The van der Waals surface area contributed by atoms with Crippen molar-refractivity contribution in [3.05, 3.63) is 0 Å². The predicted octanol–water partition coefficient (Wildman–Crippen LogP) is 0.278. The van der Waals surface area contributed by atoms with E-state index in [1.807, 2.05) is 0 Å². The Morgan fingerprint density at radius 2 is 2.00 bits per heavy atom. The molecule has 1 aliphatic carbocycles. The summed E-state index contributed by atoms with van der Waals surface area (Å²) in [6.07, 6.45) is 1.37. The highest BCUT2D eigenvalue weighted by Crippen LogP contribution is 2.32. The molecule has 2 aliphatic rings. The number of hydrogen-bond acceptors (Lipinski definition) is 5. The topological polar surface area (TPSA) is 93.1 Å². The Labute approximate surface area is 123 Å². The number of nitrogens with zero attached hydrogens (tertiary/aromatic N) is 1. The first-order chi connectivity index (χ1) is 10.0. The largest absolute Gasteiger partial charge is 0.481 e. The molecule has 3 atom stereocenters. The van der Waals surface area contributed by atoms with Gasteiger partial charge in [0.05, 0.1) is 32.2 Å². The van der Waals surface area contributed by atoms with Crippen LogP contribution in [0.15, 0.2) is 0 Å². The van der Waals surface area contributed by atoms with Gasteiger partial charge in [0.1, 0.15) is 0 Å². The Morgan fingerprint density at radius 1 is 1.29 bits per heavy atom. The maximum atomic E-state index is 12.4. The quantitative estimate of drug-likeness (QED) is 0.749. The Hall–Kier alpha value is -1.63. The van der Waals surface area contributed by atoms with Gasteiger partial charge in [0.2, 0.25) is 5.91 Å². The van der Waals surface area contributed by atoms with Crippen LogP contribution in [0.25, 0.3) is 0 Å². The van der Waals surface area contributed by atoms with E-state index < -0.39 is 11.9 Å². The number of aliphatic carboxylic acids is 1. The highest BCUT2D eigenvalue weighted by atomic mass is 16.5. The van der Waals surface area contributed by atoms with E-state index in [-0.39, 0.29) is 30.3 Å². The van der Waals surface area contributed by atoms with Crippen LogP contribution in [-0.2, 0) is 23.9 Å². The molecule has 1 N–H and O–H groups in total. The second-order valence-electron chi connectivity index (χ2n) is 5.60. The number of morpholine rings is 1. The number of carboxylic acids is 1. The van der Waals surface area contributed by atoms with Crippen molar-refractivity contribution in [2.75, 3.05) is 26.8 Å². The third-order valence-corrected chi connectivity index (χ3v) is 4.20. The molecule has 1 amide bonds. The molecule has 0 aromatic heterocycles. The minimum absolute atomic E-state index is 0.0167. The Bertz CT molecular complexity index is 424. The van der Waals surface area contributed by atoms with Crippen molar-refractivity contribution < 1.29 is 29.0 Å². The number of hydrogen-bond donors (Lipinski definition) is 1. The summed E-state index contributed by atoms with van der Waals surface area (Å²) in [6, 6.07) is 0. The molecule has 0 aromatic rings. The molecule has 7 nitrogen and oxygen atoms in total. The molecule has 3 unspecified atom stereocenters. The van der Waals surface area contributed by atoms with E-state index >= 15 is 0 Å². The first-order valence-corrected chi connectivity index (χ1v) is 7.21. The summed E-state index contributed by atoms with van der Waals surface area (Å²) in [5.41, 5.74) is 0. The van der Waals surface area contributed by atoms with E-state index in [0.29, 0.717) is 39.0 Å². The van der Waals surface area contributed by atoms with Crippen LogP contribution in [0.3, 0.4) is 0 Å². The van der Waals surface area contributed by atoms with Gasteiger partial charge < -0.3 is 19.5 Å². The smallest absolute Gasteiger partial charge is 0.308 e. The maximum absolute atomic E-state index is 12.4. The molecule has 1 aliphatic heterocycles. The molecule has 1 heterocycles. The van der Waals surface area contributed by atoms with E-state index in [2.05, 4.69) is 4.74 Å². The van der Waals surface area contributed by atoms with E-state index in [1.54, 1.807) is 4.90 Å². The van der Waals surface area contributed by atoms with Gasteiger partial charge >= 0.3 is 11.9 Å². The molecule has 118 valence electrons. The first kappa shape index (κ1) is 15.8. The number of carbonyl (C=O) groups excluding carboxylic acids is 2. The fourth-order valence-electron chi connectivity index (χ4n) is 3.00. The Balaban J connectivity index is 1.87. The summed E-state index contributed by atoms with van der Waals surface area (Å²) in [5.74, 6) is -1.83. The van der Waals surface area contributed by atoms with Crippen LogP contribution in [0.2, 0.25) is 0 Å². The lowest BCUT2D eigenvalue weighted by Gasteiger charge is -2.34. The molecular weight excluding hydrogens is 278 g/mol. The van der Waals surface area contributed by atoms with Crippen LogP contribution in [0.1, 0.15) is 25.7 Å². The second kappa shape index (κ2) is 6.89. The van der Waals surface area contributed by atoms with Crippen LogP contribution >= 0.6 is 0 Å². The average Bonchev–Trinajstić information content (AvgIpc) is 2.96. The van der Waals surface area contributed by atoms with Gasteiger partial charge in [-0.15, -0.1) is 0 Å². The highest BCUT2D eigenvalue weighted by Gasteiger charge is 2.37. The lowest BCUT2D eigenvalue weighted by molar-refractivity contribution is -0.151. The third-order valence-electron chi connectivity index (χ3n) is 4.20. The van der Waals surface area contributed by atoms with Crippen LogP contribution in [0, 0.1) is 11.8 Å². The van der Waals surface area contributed by atoms with Crippen molar-refractivity contribution in [1.29, 1.82) is 0 Å². The molecular formula is C14H21NO6. The molecule has 1 saturated heterocycles. The zero-order valence-electron chi connectivity index (χ0n) is 12.1. The number of rotatable bonds is 4. The SMILES string of the molecule is COC(=O)CC1CN(C(=O)C2CCC(C(=O)O)C2)CCO1. The molecule has 0 aromatic carbocycles. The van der Waals surface area contributed by atoms with Gasteiger partial charge in [-0.25, -0.2) is 0 Å². The molecule has 2 fully saturated rings. The Morgan fingerprint density at radius 3 is 2.62 bits per heavy atom. The normalized spacial score (nSPS) is 29.2. The number of carboxylic acid groups (broad SMARTS) is 1. The number of amides is 1. The summed E-state index contributed by atoms with van der Waals surface area (Å²) in [6.45, 7) is 1.25. The summed E-state index contributed by atoms with van der Waals surface area (Å²) >= 11 is 0. The monoisotopic (exact) mass is 299 g/mol.